The maximum atomic E-state index is 12.1. The Labute approximate surface area is 57.3 Å². The summed E-state index contributed by atoms with van der Waals surface area (Å²) in [6.07, 6.45) is 0. The molecule has 0 spiro atoms. The lowest BCUT2D eigenvalue weighted by molar-refractivity contribution is 0.146. The number of rotatable bonds is 4. The summed E-state index contributed by atoms with van der Waals surface area (Å²) < 4.78 is 26.4. The molecule has 0 aromatic heterocycles. The Hall–Kier alpha value is 0.244. The van der Waals surface area contributed by atoms with E-state index >= 15 is 0 Å². The molecule has 0 aromatic carbocycles. The third-order valence-corrected chi connectivity index (χ3v) is 6.87. The van der Waals surface area contributed by atoms with Gasteiger partial charge in [-0.3, -0.25) is 0 Å². The van der Waals surface area contributed by atoms with Gasteiger partial charge in [0, 0.05) is 21.3 Å². The summed E-state index contributed by atoms with van der Waals surface area (Å²) in [4.78, 5) is 0. The summed E-state index contributed by atoms with van der Waals surface area (Å²) in [5.41, 5.74) is 0. The minimum Gasteiger partial charge on any atom is -0.378 e. The van der Waals surface area contributed by atoms with E-state index in [1.165, 1.54) is 21.3 Å². The van der Waals surface area contributed by atoms with Gasteiger partial charge in [0.25, 0.3) is 0 Å². The molecule has 3 nitrogen and oxygen atoms in total. The van der Waals surface area contributed by atoms with Crippen molar-refractivity contribution in [1.82, 2.24) is 0 Å². The molecule has 0 aliphatic heterocycles. The van der Waals surface area contributed by atoms with E-state index < -0.39 is 17.7 Å². The van der Waals surface area contributed by atoms with Gasteiger partial charge in [-0.15, -0.1) is 0 Å². The molecule has 0 amide bonds. The van der Waals surface area contributed by atoms with Gasteiger partial charge in [-0.1, -0.05) is 0 Å². The maximum Gasteiger partial charge on any atom is 0.501 e. The molecule has 56 valence electrons. The summed E-state index contributed by atoms with van der Waals surface area (Å²) in [5.74, 6) is 0. The third-order valence-electron chi connectivity index (χ3n) is 1.10. The first-order chi connectivity index (χ1) is 4.24. The lowest BCUT2D eigenvalue weighted by atomic mass is 11.8. The van der Waals surface area contributed by atoms with Crippen LogP contribution in [0, 0.1) is 0 Å². The summed E-state index contributed by atoms with van der Waals surface area (Å²) >= 11 is 0. The average molecular weight is 170 g/mol. The molecule has 0 radical (unpaired) electrons. The van der Waals surface area contributed by atoms with Crippen LogP contribution < -0.4 is 0 Å². The van der Waals surface area contributed by atoms with Crippen molar-refractivity contribution in [2.75, 3.05) is 21.3 Å². The Morgan fingerprint density at radius 2 is 1.44 bits per heavy atom. The summed E-state index contributed by atoms with van der Waals surface area (Å²) in [7, 11) is -0.300. The fourth-order valence-electron chi connectivity index (χ4n) is 0.414. The van der Waals surface area contributed by atoms with Crippen LogP contribution in [-0.4, -0.2) is 39.0 Å². The molecular formula is C3H11FO3Si2. The molecule has 0 bridgehead atoms. The van der Waals surface area contributed by atoms with E-state index in [1.807, 2.05) is 0 Å². The number of halogens is 1. The largest absolute Gasteiger partial charge is 0.501 e. The van der Waals surface area contributed by atoms with Crippen LogP contribution in [0.1, 0.15) is 0 Å². The highest BCUT2D eigenvalue weighted by Gasteiger charge is 2.38. The topological polar surface area (TPSA) is 27.7 Å². The molecular weight excluding hydrogens is 159 g/mol. The molecule has 0 atom stereocenters. The zero-order valence-corrected chi connectivity index (χ0v) is 8.22. The van der Waals surface area contributed by atoms with E-state index in [0.717, 1.165) is 0 Å². The third kappa shape index (κ3) is 2.14. The fraction of sp³-hybridized carbons (Fsp3) is 1.00. The zero-order chi connectivity index (χ0) is 7.33. The molecule has 0 fully saturated rings. The molecule has 0 saturated heterocycles. The van der Waals surface area contributed by atoms with E-state index in [2.05, 4.69) is 0 Å². The minimum absolute atomic E-state index is 1.41. The highest BCUT2D eigenvalue weighted by Crippen LogP contribution is 2.02. The Kier molecular flexibility index (Phi) is 4.23. The lowest BCUT2D eigenvalue weighted by Gasteiger charge is -2.20. The second kappa shape index (κ2) is 4.12. The molecule has 6 heteroatoms. The van der Waals surface area contributed by atoms with E-state index in [9.17, 15) is 4.11 Å². The van der Waals surface area contributed by atoms with Gasteiger partial charge >= 0.3 is 17.7 Å². The van der Waals surface area contributed by atoms with Crippen LogP contribution in [0.2, 0.25) is 0 Å². The molecule has 0 aromatic rings. The molecule has 9 heavy (non-hydrogen) atoms. The van der Waals surface area contributed by atoms with Gasteiger partial charge in [-0.05, 0) is 0 Å². The van der Waals surface area contributed by atoms with Crippen molar-refractivity contribution in [1.29, 1.82) is 0 Å². The minimum atomic E-state index is -2.72. The first kappa shape index (κ1) is 9.24. The van der Waals surface area contributed by atoms with Crippen molar-refractivity contribution in [3.63, 3.8) is 0 Å². The van der Waals surface area contributed by atoms with Crippen molar-refractivity contribution in [3.8, 4) is 0 Å². The Morgan fingerprint density at radius 3 is 1.44 bits per heavy atom. The van der Waals surface area contributed by atoms with Crippen LogP contribution in [-0.2, 0) is 13.3 Å². The summed E-state index contributed by atoms with van der Waals surface area (Å²) in [6.45, 7) is 0. The van der Waals surface area contributed by atoms with Crippen molar-refractivity contribution < 1.29 is 17.4 Å². The first-order valence-corrected chi connectivity index (χ1v) is 7.05. The van der Waals surface area contributed by atoms with Crippen LogP contribution in [0.25, 0.3) is 0 Å². The van der Waals surface area contributed by atoms with E-state index in [1.54, 1.807) is 0 Å². The molecule has 0 saturated carbocycles. The van der Waals surface area contributed by atoms with Gasteiger partial charge in [0.15, 0.2) is 0 Å². The quantitative estimate of drug-likeness (QED) is 0.417. The van der Waals surface area contributed by atoms with Crippen molar-refractivity contribution in [3.05, 3.63) is 0 Å². The van der Waals surface area contributed by atoms with E-state index in [4.69, 9.17) is 13.3 Å². The molecule has 0 unspecified atom stereocenters. The second-order valence-electron chi connectivity index (χ2n) is 1.43. The smallest absolute Gasteiger partial charge is 0.378 e. The highest BCUT2D eigenvalue weighted by molar-refractivity contribution is 7.11. The average Bonchev–Trinajstić information content (AvgIpc) is 1.95. The normalized spacial score (nSPS) is 13.3. The van der Waals surface area contributed by atoms with Crippen LogP contribution in [0.5, 0.6) is 0 Å². The number of hydrogen-bond donors (Lipinski definition) is 0. The van der Waals surface area contributed by atoms with Crippen LogP contribution in [0.4, 0.5) is 4.11 Å². The van der Waals surface area contributed by atoms with Crippen molar-refractivity contribution >= 4 is 17.7 Å². The monoisotopic (exact) mass is 170 g/mol. The second-order valence-corrected chi connectivity index (χ2v) is 7.69. The Bertz CT molecular complexity index is 59.9. The predicted molar refractivity (Wildman–Crippen MR) is 36.4 cm³/mol. The molecule has 0 heterocycles. The van der Waals surface area contributed by atoms with E-state index in [0.29, 0.717) is 0 Å². The van der Waals surface area contributed by atoms with Crippen molar-refractivity contribution in [2.45, 2.75) is 0 Å². The molecule has 0 aliphatic carbocycles. The van der Waals surface area contributed by atoms with Gasteiger partial charge in [0.1, 0.15) is 0 Å². The van der Waals surface area contributed by atoms with Gasteiger partial charge in [-0.25, -0.2) is 0 Å². The van der Waals surface area contributed by atoms with Crippen molar-refractivity contribution in [2.24, 2.45) is 0 Å². The SMILES string of the molecule is CO[Si](OC)(OC)[SiH2]F. The summed E-state index contributed by atoms with van der Waals surface area (Å²) in [6, 6.07) is 0. The molecule has 0 aliphatic rings. The standard InChI is InChI=1S/C3H11FO3Si2/c1-5-9(6-2,7-3)8-4/h8H2,1-3H3. The van der Waals surface area contributed by atoms with Gasteiger partial charge in [0.05, 0.1) is 0 Å². The number of hydrogen-bond acceptors (Lipinski definition) is 3. The zero-order valence-electron chi connectivity index (χ0n) is 5.81. The summed E-state index contributed by atoms with van der Waals surface area (Å²) in [5, 5.41) is 0. The van der Waals surface area contributed by atoms with Gasteiger partial charge < -0.3 is 17.4 Å². The van der Waals surface area contributed by atoms with Gasteiger partial charge in [0.2, 0.25) is 0 Å². The Morgan fingerprint density at radius 1 is 1.11 bits per heavy atom. The molecule has 0 rings (SSSR count). The van der Waals surface area contributed by atoms with E-state index in [-0.39, 0.29) is 0 Å². The van der Waals surface area contributed by atoms with Gasteiger partial charge in [-0.2, -0.15) is 0 Å². The van der Waals surface area contributed by atoms with Crippen LogP contribution >= 0.6 is 0 Å². The molecule has 0 N–H and O–H groups in total. The first-order valence-electron chi connectivity index (χ1n) is 2.46. The predicted octanol–water partition coefficient (Wildman–Crippen LogP) is -0.586. The Balaban J connectivity index is 3.82. The van der Waals surface area contributed by atoms with Crippen LogP contribution in [0.3, 0.4) is 0 Å². The fourth-order valence-corrected chi connectivity index (χ4v) is 2.22. The highest BCUT2D eigenvalue weighted by atomic mass is 29.3. The maximum absolute atomic E-state index is 12.1. The lowest BCUT2D eigenvalue weighted by Crippen LogP contribution is -2.48. The van der Waals surface area contributed by atoms with Crippen LogP contribution in [0.15, 0.2) is 0 Å².